The van der Waals surface area contributed by atoms with E-state index in [1.807, 2.05) is 6.07 Å². The first-order valence-electron chi connectivity index (χ1n) is 5.63. The number of nitrogens with zero attached hydrogens (tertiary/aromatic N) is 2. The van der Waals surface area contributed by atoms with Gasteiger partial charge in [-0.25, -0.2) is 4.79 Å². The number of carboxylic acid groups (broad SMARTS) is 1. The Morgan fingerprint density at radius 3 is 2.67 bits per heavy atom. The molecule has 5 heteroatoms. The molecule has 1 aromatic rings. The molecule has 0 bridgehead atoms. The molecule has 1 amide bonds. The zero-order valence-electron chi connectivity index (χ0n) is 9.67. The van der Waals surface area contributed by atoms with Crippen LogP contribution in [0.15, 0.2) is 24.3 Å². The van der Waals surface area contributed by atoms with Crippen LogP contribution < -0.4 is 0 Å². The molecule has 1 atom stereocenters. The number of benzene rings is 1. The molecule has 18 heavy (non-hydrogen) atoms. The van der Waals surface area contributed by atoms with Gasteiger partial charge in [0.15, 0.2) is 0 Å². The van der Waals surface area contributed by atoms with E-state index < -0.39 is 12.0 Å². The second-order valence-corrected chi connectivity index (χ2v) is 4.22. The summed E-state index contributed by atoms with van der Waals surface area (Å²) in [5.74, 6) is -1.10. The van der Waals surface area contributed by atoms with Crippen LogP contribution in [0.1, 0.15) is 24.0 Å². The van der Waals surface area contributed by atoms with Crippen molar-refractivity contribution in [2.75, 3.05) is 0 Å². The quantitative estimate of drug-likeness (QED) is 0.864. The number of likely N-dealkylation sites (tertiary alicyclic amines) is 1. The van der Waals surface area contributed by atoms with Crippen LogP contribution in [0, 0.1) is 11.3 Å². The fraction of sp³-hybridized carbons (Fsp3) is 0.308. The van der Waals surface area contributed by atoms with Crippen LogP contribution in [0.4, 0.5) is 0 Å². The minimum Gasteiger partial charge on any atom is -0.480 e. The van der Waals surface area contributed by atoms with E-state index in [2.05, 4.69) is 0 Å². The number of nitriles is 1. The van der Waals surface area contributed by atoms with Gasteiger partial charge in [0, 0.05) is 13.0 Å². The molecule has 5 nitrogen and oxygen atoms in total. The zero-order chi connectivity index (χ0) is 13.1. The van der Waals surface area contributed by atoms with Gasteiger partial charge < -0.3 is 10.0 Å². The van der Waals surface area contributed by atoms with Crippen molar-refractivity contribution in [2.24, 2.45) is 0 Å². The highest BCUT2D eigenvalue weighted by atomic mass is 16.4. The van der Waals surface area contributed by atoms with E-state index in [1.165, 1.54) is 4.90 Å². The van der Waals surface area contributed by atoms with Crippen LogP contribution in [0.2, 0.25) is 0 Å². The molecule has 92 valence electrons. The first kappa shape index (κ1) is 12.1. The lowest BCUT2D eigenvalue weighted by atomic mass is 10.1. The highest BCUT2D eigenvalue weighted by molar-refractivity contribution is 5.87. The minimum absolute atomic E-state index is 0.133. The summed E-state index contributed by atoms with van der Waals surface area (Å²) in [6.45, 7) is 0.279. The van der Waals surface area contributed by atoms with E-state index in [-0.39, 0.29) is 18.9 Å². The highest BCUT2D eigenvalue weighted by Crippen LogP contribution is 2.21. The second kappa shape index (κ2) is 4.88. The van der Waals surface area contributed by atoms with E-state index >= 15 is 0 Å². The molecule has 1 aromatic carbocycles. The predicted octanol–water partition coefficient (Wildman–Crippen LogP) is 1.13. The van der Waals surface area contributed by atoms with E-state index in [0.717, 1.165) is 5.56 Å². The van der Waals surface area contributed by atoms with Crippen molar-refractivity contribution in [2.45, 2.75) is 25.4 Å². The van der Waals surface area contributed by atoms with Crippen molar-refractivity contribution in [3.8, 4) is 6.07 Å². The average molecular weight is 244 g/mol. The van der Waals surface area contributed by atoms with Crippen molar-refractivity contribution in [1.82, 2.24) is 4.90 Å². The molecule has 1 aliphatic heterocycles. The summed E-state index contributed by atoms with van der Waals surface area (Å²) < 4.78 is 0. The van der Waals surface area contributed by atoms with E-state index in [0.29, 0.717) is 12.0 Å². The summed E-state index contributed by atoms with van der Waals surface area (Å²) >= 11 is 0. The Labute approximate surface area is 104 Å². The van der Waals surface area contributed by atoms with Crippen molar-refractivity contribution in [3.63, 3.8) is 0 Å². The smallest absolute Gasteiger partial charge is 0.326 e. The lowest BCUT2D eigenvalue weighted by Gasteiger charge is -2.21. The molecule has 0 saturated carbocycles. The van der Waals surface area contributed by atoms with Gasteiger partial charge >= 0.3 is 5.97 Å². The Bertz CT molecular complexity index is 516. The van der Waals surface area contributed by atoms with Crippen molar-refractivity contribution in [3.05, 3.63) is 35.4 Å². The Kier molecular flexibility index (Phi) is 3.28. The van der Waals surface area contributed by atoms with Crippen LogP contribution in [0.5, 0.6) is 0 Å². The minimum atomic E-state index is -0.963. The van der Waals surface area contributed by atoms with Crippen molar-refractivity contribution < 1.29 is 14.7 Å². The molecule has 1 fully saturated rings. The fourth-order valence-corrected chi connectivity index (χ4v) is 2.07. The number of hydrogen-bond donors (Lipinski definition) is 1. The van der Waals surface area contributed by atoms with Gasteiger partial charge in [-0.3, -0.25) is 4.79 Å². The van der Waals surface area contributed by atoms with E-state index in [1.54, 1.807) is 24.3 Å². The van der Waals surface area contributed by atoms with Crippen LogP contribution in [-0.2, 0) is 16.1 Å². The molecule has 0 radical (unpaired) electrons. The third-order valence-corrected chi connectivity index (χ3v) is 3.05. The molecule has 1 saturated heterocycles. The molecule has 2 rings (SSSR count). The van der Waals surface area contributed by atoms with Gasteiger partial charge in [0.1, 0.15) is 6.04 Å². The first-order valence-corrected chi connectivity index (χ1v) is 5.63. The number of hydrogen-bond acceptors (Lipinski definition) is 3. The summed E-state index contributed by atoms with van der Waals surface area (Å²) in [5.41, 5.74) is 1.37. The van der Waals surface area contributed by atoms with Crippen molar-refractivity contribution >= 4 is 11.9 Å². The molecular weight excluding hydrogens is 232 g/mol. The largest absolute Gasteiger partial charge is 0.480 e. The van der Waals surface area contributed by atoms with E-state index in [4.69, 9.17) is 10.4 Å². The van der Waals surface area contributed by atoms with Gasteiger partial charge in [0.2, 0.25) is 5.91 Å². The van der Waals surface area contributed by atoms with Gasteiger partial charge in [-0.1, -0.05) is 12.1 Å². The predicted molar refractivity (Wildman–Crippen MR) is 62.4 cm³/mol. The maximum Gasteiger partial charge on any atom is 0.326 e. The molecule has 0 aliphatic carbocycles. The maximum absolute atomic E-state index is 11.6. The van der Waals surface area contributed by atoms with E-state index in [9.17, 15) is 9.59 Å². The molecule has 0 spiro atoms. The number of amides is 1. The summed E-state index contributed by atoms with van der Waals surface area (Å²) in [4.78, 5) is 24.0. The van der Waals surface area contributed by atoms with Crippen LogP contribution in [0.25, 0.3) is 0 Å². The van der Waals surface area contributed by atoms with Crippen LogP contribution in [0.3, 0.4) is 0 Å². The first-order chi connectivity index (χ1) is 8.61. The second-order valence-electron chi connectivity index (χ2n) is 4.22. The van der Waals surface area contributed by atoms with Crippen molar-refractivity contribution in [1.29, 1.82) is 5.26 Å². The topological polar surface area (TPSA) is 81.4 Å². The highest BCUT2D eigenvalue weighted by Gasteiger charge is 2.35. The standard InChI is InChI=1S/C13H12N2O3/c14-7-9-1-3-10(4-2-9)8-15-11(13(17)18)5-6-12(15)16/h1-4,11H,5-6,8H2,(H,17,18)/t11-/m0/s1. The van der Waals surface area contributed by atoms with Crippen LogP contribution >= 0.6 is 0 Å². The van der Waals surface area contributed by atoms with Crippen LogP contribution in [-0.4, -0.2) is 27.9 Å². The van der Waals surface area contributed by atoms with Gasteiger partial charge in [-0.15, -0.1) is 0 Å². The molecule has 1 heterocycles. The van der Waals surface area contributed by atoms with Gasteiger partial charge in [-0.2, -0.15) is 5.26 Å². The average Bonchev–Trinajstić information content (AvgIpc) is 2.72. The fourth-order valence-electron chi connectivity index (χ4n) is 2.07. The maximum atomic E-state index is 11.6. The number of aliphatic carboxylic acids is 1. The Morgan fingerprint density at radius 1 is 1.44 bits per heavy atom. The number of rotatable bonds is 3. The Balaban J connectivity index is 2.14. The number of carbonyl (C=O) groups is 2. The Morgan fingerprint density at radius 2 is 2.11 bits per heavy atom. The summed E-state index contributed by atoms with van der Waals surface area (Å²) in [6, 6.07) is 8.08. The zero-order valence-corrected chi connectivity index (χ0v) is 9.67. The number of carboxylic acids is 1. The normalized spacial score (nSPS) is 18.7. The van der Waals surface area contributed by atoms with Gasteiger partial charge in [0.25, 0.3) is 0 Å². The lowest BCUT2D eigenvalue weighted by molar-refractivity contribution is -0.146. The monoisotopic (exact) mass is 244 g/mol. The molecule has 0 unspecified atom stereocenters. The summed E-state index contributed by atoms with van der Waals surface area (Å²) in [5, 5.41) is 17.7. The van der Waals surface area contributed by atoms with Gasteiger partial charge in [0.05, 0.1) is 11.6 Å². The molecule has 1 N–H and O–H groups in total. The van der Waals surface area contributed by atoms with Gasteiger partial charge in [-0.05, 0) is 24.1 Å². The molecule has 1 aliphatic rings. The third-order valence-electron chi connectivity index (χ3n) is 3.05. The summed E-state index contributed by atoms with van der Waals surface area (Å²) in [7, 11) is 0. The lowest BCUT2D eigenvalue weighted by Crippen LogP contribution is -2.37. The molecular formula is C13H12N2O3. The SMILES string of the molecule is N#Cc1ccc(CN2C(=O)CC[C@H]2C(=O)O)cc1. The summed E-state index contributed by atoms with van der Waals surface area (Å²) in [6.07, 6.45) is 0.650. The Hall–Kier alpha value is -2.35. The molecule has 0 aromatic heterocycles. The number of carbonyl (C=O) groups excluding carboxylic acids is 1. The third kappa shape index (κ3) is 2.33.